The summed E-state index contributed by atoms with van der Waals surface area (Å²) in [5.74, 6) is 0.497. The molecule has 1 aliphatic rings. The van der Waals surface area contributed by atoms with Gasteiger partial charge in [-0.1, -0.05) is 30.3 Å². The largest absolute Gasteiger partial charge is 0.312 e. The van der Waals surface area contributed by atoms with Gasteiger partial charge in [-0.25, -0.2) is 8.42 Å². The van der Waals surface area contributed by atoms with Crippen LogP contribution in [0.1, 0.15) is 35.0 Å². The number of benzene rings is 1. The molecule has 0 saturated carbocycles. The summed E-state index contributed by atoms with van der Waals surface area (Å²) in [6.07, 6.45) is 1.67. The van der Waals surface area contributed by atoms with Crippen LogP contribution in [0.2, 0.25) is 0 Å². The van der Waals surface area contributed by atoms with Crippen LogP contribution >= 0.6 is 0 Å². The molecule has 2 aromatic rings. The topological polar surface area (TPSA) is 64.0 Å². The first-order valence-corrected chi connectivity index (χ1v) is 10.3. The fraction of sp³-hybridized carbons (Fsp3) is 0.500. The minimum absolute atomic E-state index is 0.00762. The van der Waals surface area contributed by atoms with E-state index >= 15 is 0 Å². The average molecular weight is 347 g/mol. The van der Waals surface area contributed by atoms with E-state index in [-0.39, 0.29) is 17.5 Å². The third kappa shape index (κ3) is 3.87. The van der Waals surface area contributed by atoms with E-state index < -0.39 is 9.84 Å². The van der Waals surface area contributed by atoms with Crippen molar-refractivity contribution in [2.45, 2.75) is 39.3 Å². The first kappa shape index (κ1) is 17.2. The first-order valence-electron chi connectivity index (χ1n) is 8.46. The maximum Gasteiger partial charge on any atom is 0.152 e. The van der Waals surface area contributed by atoms with Crippen LogP contribution in [0.3, 0.4) is 0 Å². The molecule has 6 heteroatoms. The van der Waals surface area contributed by atoms with Crippen LogP contribution in [-0.4, -0.2) is 36.2 Å². The number of aryl methyl sites for hydroxylation is 1. The van der Waals surface area contributed by atoms with Gasteiger partial charge in [0.2, 0.25) is 0 Å². The van der Waals surface area contributed by atoms with Crippen LogP contribution in [0.25, 0.3) is 0 Å². The second-order valence-corrected chi connectivity index (χ2v) is 8.79. The molecule has 0 radical (unpaired) electrons. The first-order chi connectivity index (χ1) is 11.5. The maximum atomic E-state index is 11.7. The lowest BCUT2D eigenvalue weighted by Gasteiger charge is -2.12. The van der Waals surface area contributed by atoms with Gasteiger partial charge in [-0.3, -0.25) is 4.68 Å². The number of aromatic nitrogens is 2. The minimum atomic E-state index is -2.89. The summed E-state index contributed by atoms with van der Waals surface area (Å²) in [4.78, 5) is 0. The van der Waals surface area contributed by atoms with E-state index in [0.29, 0.717) is 6.42 Å². The van der Waals surface area contributed by atoms with Gasteiger partial charge in [0, 0.05) is 17.8 Å². The van der Waals surface area contributed by atoms with E-state index in [1.165, 1.54) is 11.1 Å². The Kier molecular flexibility index (Phi) is 5.06. The van der Waals surface area contributed by atoms with Gasteiger partial charge in [0.15, 0.2) is 9.84 Å². The number of nitrogens with zero attached hydrogens (tertiary/aromatic N) is 2. The fourth-order valence-corrected chi connectivity index (χ4v) is 5.06. The highest BCUT2D eigenvalue weighted by Crippen LogP contribution is 2.26. The van der Waals surface area contributed by atoms with Crippen LogP contribution in [0.5, 0.6) is 0 Å². The van der Waals surface area contributed by atoms with Gasteiger partial charge in [-0.2, -0.15) is 5.10 Å². The van der Waals surface area contributed by atoms with Crippen molar-refractivity contribution >= 4 is 9.84 Å². The van der Waals surface area contributed by atoms with Crippen LogP contribution in [0, 0.1) is 13.8 Å². The van der Waals surface area contributed by atoms with E-state index in [1.807, 2.05) is 24.6 Å². The molecule has 1 aliphatic heterocycles. The van der Waals surface area contributed by atoms with Crippen molar-refractivity contribution in [1.29, 1.82) is 0 Å². The van der Waals surface area contributed by atoms with Gasteiger partial charge >= 0.3 is 0 Å². The van der Waals surface area contributed by atoms with E-state index in [1.54, 1.807) is 0 Å². The molecule has 130 valence electrons. The van der Waals surface area contributed by atoms with E-state index in [9.17, 15) is 8.42 Å². The van der Waals surface area contributed by atoms with Crippen LogP contribution < -0.4 is 5.32 Å². The highest BCUT2D eigenvalue weighted by Gasteiger charge is 2.31. The van der Waals surface area contributed by atoms with Crippen LogP contribution in [-0.2, 0) is 22.8 Å². The highest BCUT2D eigenvalue weighted by molar-refractivity contribution is 7.91. The number of rotatable bonds is 6. The van der Waals surface area contributed by atoms with Crippen molar-refractivity contribution in [1.82, 2.24) is 15.1 Å². The molecule has 5 nitrogen and oxygen atoms in total. The van der Waals surface area contributed by atoms with Gasteiger partial charge in [-0.15, -0.1) is 0 Å². The standard InChI is InChI=1S/C18H25N3O2S/c1-14-18(12-19-10-8-16-6-4-3-5-7-16)15(2)21(20-14)17-9-11-24(22,23)13-17/h3-7,17,19H,8-13H2,1-2H3. The molecule has 1 saturated heterocycles. The van der Waals surface area contributed by atoms with Crippen molar-refractivity contribution in [3.05, 3.63) is 52.8 Å². The summed E-state index contributed by atoms with van der Waals surface area (Å²) in [7, 11) is -2.89. The lowest BCUT2D eigenvalue weighted by molar-refractivity contribution is 0.485. The minimum Gasteiger partial charge on any atom is -0.312 e. The molecular formula is C18H25N3O2S. The lowest BCUT2D eigenvalue weighted by Crippen LogP contribution is -2.18. The molecular weight excluding hydrogens is 322 g/mol. The summed E-state index contributed by atoms with van der Waals surface area (Å²) in [6.45, 7) is 5.72. The normalized spacial score (nSPS) is 19.7. The monoisotopic (exact) mass is 347 g/mol. The van der Waals surface area contributed by atoms with Crippen molar-refractivity contribution < 1.29 is 8.42 Å². The fourth-order valence-electron chi connectivity index (χ4n) is 3.37. The molecule has 1 aromatic heterocycles. The molecule has 0 bridgehead atoms. The summed E-state index contributed by atoms with van der Waals surface area (Å²) < 4.78 is 25.3. The zero-order valence-corrected chi connectivity index (χ0v) is 15.1. The molecule has 3 rings (SSSR count). The smallest absolute Gasteiger partial charge is 0.152 e. The molecule has 1 atom stereocenters. The number of hydrogen-bond acceptors (Lipinski definition) is 4. The van der Waals surface area contributed by atoms with Crippen LogP contribution in [0.4, 0.5) is 0 Å². The SMILES string of the molecule is Cc1nn(C2CCS(=O)(=O)C2)c(C)c1CNCCc1ccccc1. The number of sulfone groups is 1. The molecule has 1 unspecified atom stereocenters. The Bertz CT molecular complexity index is 797. The molecule has 2 heterocycles. The van der Waals surface area contributed by atoms with Gasteiger partial charge in [0.05, 0.1) is 23.2 Å². The molecule has 24 heavy (non-hydrogen) atoms. The van der Waals surface area contributed by atoms with Crippen molar-refractivity contribution in [3.8, 4) is 0 Å². The van der Waals surface area contributed by atoms with Crippen molar-refractivity contribution in [3.63, 3.8) is 0 Å². The third-order valence-corrected chi connectivity index (χ3v) is 6.51. The van der Waals surface area contributed by atoms with Crippen molar-refractivity contribution in [2.75, 3.05) is 18.1 Å². The van der Waals surface area contributed by atoms with Gasteiger partial charge in [-0.05, 0) is 38.8 Å². The summed E-state index contributed by atoms with van der Waals surface area (Å²) in [5, 5.41) is 8.09. The summed E-state index contributed by atoms with van der Waals surface area (Å²) in [6, 6.07) is 10.4. The van der Waals surface area contributed by atoms with Crippen LogP contribution in [0.15, 0.2) is 30.3 Å². The van der Waals surface area contributed by atoms with Gasteiger partial charge in [0.1, 0.15) is 0 Å². The Morgan fingerprint density at radius 1 is 1.25 bits per heavy atom. The Morgan fingerprint density at radius 3 is 2.67 bits per heavy atom. The van der Waals surface area contributed by atoms with Gasteiger partial charge < -0.3 is 5.32 Å². The molecule has 0 amide bonds. The molecule has 0 aliphatic carbocycles. The zero-order valence-electron chi connectivity index (χ0n) is 14.3. The molecule has 1 aromatic carbocycles. The summed E-state index contributed by atoms with van der Waals surface area (Å²) >= 11 is 0. The third-order valence-electron chi connectivity index (χ3n) is 4.76. The Labute approximate surface area is 144 Å². The zero-order chi connectivity index (χ0) is 17.2. The number of nitrogens with one attached hydrogen (secondary N) is 1. The van der Waals surface area contributed by atoms with Crippen molar-refractivity contribution in [2.24, 2.45) is 0 Å². The second-order valence-electron chi connectivity index (χ2n) is 6.56. The van der Waals surface area contributed by atoms with Gasteiger partial charge in [0.25, 0.3) is 0 Å². The maximum absolute atomic E-state index is 11.7. The lowest BCUT2D eigenvalue weighted by atomic mass is 10.1. The van der Waals surface area contributed by atoms with E-state index in [0.717, 1.165) is 30.9 Å². The average Bonchev–Trinajstić information content (AvgIpc) is 3.05. The predicted molar refractivity (Wildman–Crippen MR) is 95.9 cm³/mol. The molecule has 0 spiro atoms. The number of hydrogen-bond donors (Lipinski definition) is 1. The Balaban J connectivity index is 1.60. The highest BCUT2D eigenvalue weighted by atomic mass is 32.2. The molecule has 1 fully saturated rings. The predicted octanol–water partition coefficient (Wildman–Crippen LogP) is 2.19. The Morgan fingerprint density at radius 2 is 2.00 bits per heavy atom. The second kappa shape index (κ2) is 7.07. The molecule has 1 N–H and O–H groups in total. The van der Waals surface area contributed by atoms with E-state index in [4.69, 9.17) is 0 Å². The Hall–Kier alpha value is -1.66. The summed E-state index contributed by atoms with van der Waals surface area (Å²) in [5.41, 5.74) is 4.59. The quantitative estimate of drug-likeness (QED) is 0.814. The van der Waals surface area contributed by atoms with E-state index in [2.05, 4.69) is 34.7 Å².